The van der Waals surface area contributed by atoms with Gasteiger partial charge in [0.1, 0.15) is 0 Å². The highest BCUT2D eigenvalue weighted by Gasteiger charge is 2.27. The molecule has 0 saturated heterocycles. The summed E-state index contributed by atoms with van der Waals surface area (Å²) in [4.78, 5) is 33.7. The second-order valence-electron chi connectivity index (χ2n) is 3.09. The summed E-state index contributed by atoms with van der Waals surface area (Å²) in [6.45, 7) is 5.23. The van der Waals surface area contributed by atoms with Crippen molar-refractivity contribution in [2.75, 3.05) is 13.2 Å². The zero-order chi connectivity index (χ0) is 13.3. The van der Waals surface area contributed by atoms with Crippen molar-refractivity contribution < 1.29 is 28.6 Å². The van der Waals surface area contributed by atoms with Crippen LogP contribution in [0, 0.1) is 0 Å². The van der Waals surface area contributed by atoms with Gasteiger partial charge < -0.3 is 14.2 Å². The van der Waals surface area contributed by atoms with Crippen LogP contribution in [0.25, 0.3) is 0 Å². The first-order valence-corrected chi connectivity index (χ1v) is 5.56. The fourth-order valence-electron chi connectivity index (χ4n) is 1.02. The number of carbonyl (C=O) groups is 3. The van der Waals surface area contributed by atoms with E-state index < -0.39 is 24.0 Å². The number of esters is 3. The molecule has 0 aliphatic rings. The minimum absolute atomic E-state index is 0.124. The van der Waals surface area contributed by atoms with Gasteiger partial charge in [0.15, 0.2) is 0 Å². The van der Waals surface area contributed by atoms with Crippen LogP contribution in [0.4, 0.5) is 0 Å². The van der Waals surface area contributed by atoms with Crippen molar-refractivity contribution >= 4 is 17.9 Å². The second kappa shape index (κ2) is 8.55. The quantitative estimate of drug-likeness (QED) is 0.489. The van der Waals surface area contributed by atoms with Gasteiger partial charge in [-0.05, 0) is 13.8 Å². The predicted octanol–water partition coefficient (Wildman–Crippen LogP) is 0.825. The molecule has 0 aromatic heterocycles. The summed E-state index contributed by atoms with van der Waals surface area (Å²) in [6, 6.07) is 0. The summed E-state index contributed by atoms with van der Waals surface area (Å²) in [5.74, 6) is -1.90. The highest BCUT2D eigenvalue weighted by Crippen LogP contribution is 2.05. The highest BCUT2D eigenvalue weighted by atomic mass is 16.6. The zero-order valence-corrected chi connectivity index (χ0v) is 10.4. The summed E-state index contributed by atoms with van der Waals surface area (Å²) >= 11 is 0. The van der Waals surface area contributed by atoms with Crippen LogP contribution in [0.5, 0.6) is 0 Å². The Kier molecular flexibility index (Phi) is 7.75. The third-order valence-electron chi connectivity index (χ3n) is 1.77. The molecule has 0 aliphatic carbocycles. The zero-order valence-electron chi connectivity index (χ0n) is 10.4. The van der Waals surface area contributed by atoms with Crippen molar-refractivity contribution in [3.8, 4) is 0 Å². The van der Waals surface area contributed by atoms with E-state index in [2.05, 4.69) is 4.74 Å². The lowest BCUT2D eigenvalue weighted by molar-refractivity contribution is -0.171. The Bertz CT molecular complexity index is 273. The van der Waals surface area contributed by atoms with E-state index >= 15 is 0 Å². The van der Waals surface area contributed by atoms with Gasteiger partial charge in [-0.1, -0.05) is 6.92 Å². The SMILES string of the molecule is CCOC(=O)C[C@H](OC(=O)CC)C(=O)OCC. The number of rotatable bonds is 7. The molecule has 6 heteroatoms. The van der Waals surface area contributed by atoms with Crippen molar-refractivity contribution in [1.82, 2.24) is 0 Å². The van der Waals surface area contributed by atoms with E-state index in [1.54, 1.807) is 20.8 Å². The normalized spacial score (nSPS) is 11.5. The van der Waals surface area contributed by atoms with Crippen LogP contribution >= 0.6 is 0 Å². The topological polar surface area (TPSA) is 78.9 Å². The molecule has 1 atom stereocenters. The molecule has 0 radical (unpaired) electrons. The van der Waals surface area contributed by atoms with Gasteiger partial charge in [0.05, 0.1) is 19.6 Å². The van der Waals surface area contributed by atoms with E-state index in [0.29, 0.717) is 0 Å². The fourth-order valence-corrected chi connectivity index (χ4v) is 1.02. The predicted molar refractivity (Wildman–Crippen MR) is 58.1 cm³/mol. The largest absolute Gasteiger partial charge is 0.466 e. The minimum atomic E-state index is -1.22. The first-order valence-electron chi connectivity index (χ1n) is 5.56. The molecule has 0 N–H and O–H groups in total. The lowest BCUT2D eigenvalue weighted by Gasteiger charge is -2.15. The van der Waals surface area contributed by atoms with E-state index in [1.165, 1.54) is 0 Å². The Hall–Kier alpha value is -1.59. The Morgan fingerprint density at radius 2 is 1.53 bits per heavy atom. The summed E-state index contributed by atoms with van der Waals surface area (Å²) in [5, 5.41) is 0. The van der Waals surface area contributed by atoms with E-state index in [-0.39, 0.29) is 26.1 Å². The van der Waals surface area contributed by atoms with E-state index in [0.717, 1.165) is 0 Å². The molecule has 0 amide bonds. The number of ether oxygens (including phenoxy) is 3. The van der Waals surface area contributed by atoms with Crippen molar-refractivity contribution in [2.45, 2.75) is 39.7 Å². The van der Waals surface area contributed by atoms with Crippen LogP contribution in [0.2, 0.25) is 0 Å². The molecule has 0 unspecified atom stereocenters. The van der Waals surface area contributed by atoms with E-state index in [4.69, 9.17) is 9.47 Å². The van der Waals surface area contributed by atoms with Crippen molar-refractivity contribution in [3.63, 3.8) is 0 Å². The fraction of sp³-hybridized carbons (Fsp3) is 0.727. The average Bonchev–Trinajstić information content (AvgIpc) is 2.28. The first-order chi connectivity index (χ1) is 8.04. The Balaban J connectivity index is 4.44. The van der Waals surface area contributed by atoms with Crippen LogP contribution < -0.4 is 0 Å². The van der Waals surface area contributed by atoms with Gasteiger partial charge in [0, 0.05) is 6.42 Å². The van der Waals surface area contributed by atoms with Crippen LogP contribution in [-0.4, -0.2) is 37.2 Å². The van der Waals surface area contributed by atoms with E-state index in [1.807, 2.05) is 0 Å². The summed E-state index contributed by atoms with van der Waals surface area (Å²) in [6.07, 6.45) is -1.42. The molecule has 0 aliphatic heterocycles. The summed E-state index contributed by atoms with van der Waals surface area (Å²) in [7, 11) is 0. The summed E-state index contributed by atoms with van der Waals surface area (Å²) < 4.78 is 14.2. The third kappa shape index (κ3) is 6.55. The van der Waals surface area contributed by atoms with Crippen molar-refractivity contribution in [2.24, 2.45) is 0 Å². The maximum absolute atomic E-state index is 11.4. The van der Waals surface area contributed by atoms with Crippen LogP contribution in [-0.2, 0) is 28.6 Å². The molecule has 0 aromatic rings. The maximum Gasteiger partial charge on any atom is 0.348 e. The monoisotopic (exact) mass is 246 g/mol. The van der Waals surface area contributed by atoms with Gasteiger partial charge in [-0.15, -0.1) is 0 Å². The van der Waals surface area contributed by atoms with E-state index in [9.17, 15) is 14.4 Å². The number of hydrogen-bond acceptors (Lipinski definition) is 6. The minimum Gasteiger partial charge on any atom is -0.466 e. The maximum atomic E-state index is 11.4. The smallest absolute Gasteiger partial charge is 0.348 e. The number of hydrogen-bond donors (Lipinski definition) is 0. The third-order valence-corrected chi connectivity index (χ3v) is 1.77. The molecule has 0 bridgehead atoms. The van der Waals surface area contributed by atoms with Gasteiger partial charge in [0.2, 0.25) is 6.10 Å². The van der Waals surface area contributed by atoms with Crippen molar-refractivity contribution in [3.05, 3.63) is 0 Å². The van der Waals surface area contributed by atoms with Gasteiger partial charge in [-0.25, -0.2) is 4.79 Å². The van der Waals surface area contributed by atoms with Gasteiger partial charge >= 0.3 is 17.9 Å². The first kappa shape index (κ1) is 15.4. The average molecular weight is 246 g/mol. The number of carbonyl (C=O) groups excluding carboxylic acids is 3. The van der Waals surface area contributed by atoms with Crippen LogP contribution in [0.3, 0.4) is 0 Å². The summed E-state index contributed by atoms with van der Waals surface area (Å²) in [5.41, 5.74) is 0. The van der Waals surface area contributed by atoms with Gasteiger partial charge in [-0.3, -0.25) is 9.59 Å². The molecule has 0 aromatic carbocycles. The molecule has 6 nitrogen and oxygen atoms in total. The molecule has 0 heterocycles. The second-order valence-corrected chi connectivity index (χ2v) is 3.09. The van der Waals surface area contributed by atoms with Crippen molar-refractivity contribution in [1.29, 1.82) is 0 Å². The Labute approximate surface area is 100 Å². The van der Waals surface area contributed by atoms with Gasteiger partial charge in [-0.2, -0.15) is 0 Å². The standard InChI is InChI=1S/C11H18O6/c1-4-9(12)17-8(11(14)16-6-3)7-10(13)15-5-2/h8H,4-7H2,1-3H3/t8-/m0/s1. The highest BCUT2D eigenvalue weighted by molar-refractivity contribution is 5.84. The molecule has 0 fully saturated rings. The molecular formula is C11H18O6. The van der Waals surface area contributed by atoms with Crippen LogP contribution in [0.15, 0.2) is 0 Å². The lowest BCUT2D eigenvalue weighted by Crippen LogP contribution is -2.32. The Morgan fingerprint density at radius 1 is 0.941 bits per heavy atom. The molecule has 0 saturated carbocycles. The van der Waals surface area contributed by atoms with Gasteiger partial charge in [0.25, 0.3) is 0 Å². The molecule has 0 spiro atoms. The lowest BCUT2D eigenvalue weighted by atomic mass is 10.2. The Morgan fingerprint density at radius 3 is 2.00 bits per heavy atom. The molecule has 98 valence electrons. The molecular weight excluding hydrogens is 228 g/mol. The molecule has 17 heavy (non-hydrogen) atoms. The molecule has 0 rings (SSSR count). The van der Waals surface area contributed by atoms with Crippen LogP contribution in [0.1, 0.15) is 33.6 Å².